The van der Waals surface area contributed by atoms with E-state index in [9.17, 15) is 0 Å². The van der Waals surface area contributed by atoms with Crippen molar-refractivity contribution in [2.45, 2.75) is 18.7 Å². The first kappa shape index (κ1) is 16.3. The fraction of sp³-hybridized carbons (Fsp3) is 0.400. The first-order chi connectivity index (χ1) is 5.29. The topological polar surface area (TPSA) is 0 Å². The largest absolute Gasteiger partial charge is 2.00 e. The maximum absolute atomic E-state index is 3.06. The molecule has 0 aliphatic heterocycles. The molecule has 1 aromatic rings. The van der Waals surface area contributed by atoms with Crippen molar-refractivity contribution in [2.75, 3.05) is 5.75 Å². The van der Waals surface area contributed by atoms with Gasteiger partial charge in [-0.3, -0.25) is 0 Å². The van der Waals surface area contributed by atoms with Crippen LogP contribution in [0.3, 0.4) is 0 Å². The molecule has 0 heterocycles. The summed E-state index contributed by atoms with van der Waals surface area (Å²) >= 11 is 1.90. The van der Waals surface area contributed by atoms with Crippen molar-refractivity contribution in [3.63, 3.8) is 0 Å². The fourth-order valence-corrected chi connectivity index (χ4v) is 1.58. The predicted octanol–water partition coefficient (Wildman–Crippen LogP) is -0.142. The molecule has 13 heavy (non-hydrogen) atoms. The Kier molecular flexibility index (Phi) is 11.7. The molecule has 0 aliphatic carbocycles. The quantitative estimate of drug-likeness (QED) is 0.418. The summed E-state index contributed by atoms with van der Waals surface area (Å²) in [5.74, 6) is 1.96. The van der Waals surface area contributed by atoms with E-state index in [2.05, 4.69) is 26.0 Å². The predicted molar refractivity (Wildman–Crippen MR) is 56.6 cm³/mol. The molecule has 0 bridgehead atoms. The van der Waals surface area contributed by atoms with Crippen molar-refractivity contribution in [1.29, 1.82) is 0 Å². The Morgan fingerprint density at radius 3 is 2.62 bits per heavy atom. The van der Waals surface area contributed by atoms with Crippen LogP contribution in [0, 0.1) is 12.0 Å². The molecule has 0 saturated heterocycles. The van der Waals surface area contributed by atoms with Crippen LogP contribution in [-0.2, 0) is 0 Å². The zero-order valence-corrected chi connectivity index (χ0v) is 11.9. The molecule has 0 atom stereocenters. The third-order valence-corrected chi connectivity index (χ3v) is 2.68. The molecule has 1 rings (SSSR count). The van der Waals surface area contributed by atoms with Gasteiger partial charge in [-0.25, -0.2) is 0 Å². The second-order valence-corrected chi connectivity index (χ2v) is 4.04. The molecular weight excluding hydrogens is 256 g/mol. The summed E-state index contributed by atoms with van der Waals surface area (Å²) in [4.78, 5) is 1.32. The molecule has 68 valence electrons. The maximum atomic E-state index is 3.06. The van der Waals surface area contributed by atoms with E-state index < -0.39 is 0 Å². The Morgan fingerprint density at radius 1 is 1.46 bits per heavy atom. The monoisotopic (exact) mass is 268 g/mol. The van der Waals surface area contributed by atoms with Crippen LogP contribution in [0.25, 0.3) is 0 Å². The van der Waals surface area contributed by atoms with Crippen LogP contribution in [0.5, 0.6) is 0 Å². The number of benzene rings is 1. The number of rotatable bonds is 3. The molecule has 0 spiro atoms. The molecular formula is C10H13BrMgS. The van der Waals surface area contributed by atoms with Crippen molar-refractivity contribution in [1.82, 2.24) is 0 Å². The molecule has 0 unspecified atom stereocenters. The minimum Gasteiger partial charge on any atom is -1.00 e. The number of hydrogen-bond acceptors (Lipinski definition) is 1. The Hall–Kier alpha value is 0.816. The van der Waals surface area contributed by atoms with Gasteiger partial charge in [0.05, 0.1) is 0 Å². The minimum absolute atomic E-state index is 0. The van der Waals surface area contributed by atoms with E-state index in [1.54, 1.807) is 0 Å². The van der Waals surface area contributed by atoms with Crippen molar-refractivity contribution >= 4 is 34.8 Å². The van der Waals surface area contributed by atoms with Crippen LogP contribution in [0.15, 0.2) is 29.2 Å². The van der Waals surface area contributed by atoms with Gasteiger partial charge in [0.2, 0.25) is 0 Å². The minimum atomic E-state index is 0. The average molecular weight is 269 g/mol. The van der Waals surface area contributed by atoms with Crippen molar-refractivity contribution in [3.8, 4) is 0 Å². The summed E-state index contributed by atoms with van der Waals surface area (Å²) in [5.41, 5.74) is 0. The normalized spacial score (nSPS) is 8.85. The van der Waals surface area contributed by atoms with Crippen LogP contribution >= 0.6 is 11.8 Å². The van der Waals surface area contributed by atoms with Gasteiger partial charge in [-0.15, -0.1) is 4.90 Å². The van der Waals surface area contributed by atoms with E-state index in [1.807, 2.05) is 30.0 Å². The van der Waals surface area contributed by atoms with Crippen LogP contribution in [0.2, 0.25) is 0 Å². The first-order valence-electron chi connectivity index (χ1n) is 3.88. The van der Waals surface area contributed by atoms with Gasteiger partial charge < -0.3 is 17.0 Å². The van der Waals surface area contributed by atoms with E-state index in [1.165, 1.54) is 10.6 Å². The molecule has 0 N–H and O–H groups in total. The van der Waals surface area contributed by atoms with Crippen molar-refractivity contribution in [2.24, 2.45) is 5.92 Å². The molecule has 0 amide bonds. The Bertz CT molecular complexity index is 201. The maximum Gasteiger partial charge on any atom is 2.00 e. The SMILES string of the molecule is CC(C)CSc1c[c-]ccc1.[Br-].[Mg+2]. The summed E-state index contributed by atoms with van der Waals surface area (Å²) in [6.07, 6.45) is 0. The fourth-order valence-electron chi connectivity index (χ4n) is 0.730. The smallest absolute Gasteiger partial charge is 1.00 e. The summed E-state index contributed by atoms with van der Waals surface area (Å²) in [5, 5.41) is 0. The van der Waals surface area contributed by atoms with Gasteiger partial charge in [0.25, 0.3) is 0 Å². The summed E-state index contributed by atoms with van der Waals surface area (Å²) in [7, 11) is 0. The van der Waals surface area contributed by atoms with Gasteiger partial charge in [-0.1, -0.05) is 13.8 Å². The second-order valence-electron chi connectivity index (χ2n) is 2.94. The van der Waals surface area contributed by atoms with Crippen LogP contribution in [-0.4, -0.2) is 28.8 Å². The van der Waals surface area contributed by atoms with Gasteiger partial charge in [0.1, 0.15) is 0 Å². The molecule has 3 heteroatoms. The Morgan fingerprint density at radius 2 is 2.15 bits per heavy atom. The number of thioether (sulfide) groups is 1. The number of hydrogen-bond donors (Lipinski definition) is 0. The molecule has 0 radical (unpaired) electrons. The third-order valence-electron chi connectivity index (χ3n) is 1.26. The van der Waals surface area contributed by atoms with Crippen LogP contribution < -0.4 is 17.0 Å². The summed E-state index contributed by atoms with van der Waals surface area (Å²) in [6, 6.07) is 11.2. The van der Waals surface area contributed by atoms with Crippen molar-refractivity contribution < 1.29 is 17.0 Å². The van der Waals surface area contributed by atoms with E-state index in [0.717, 1.165) is 5.92 Å². The van der Waals surface area contributed by atoms with Gasteiger partial charge in [-0.05, 0) is 11.7 Å². The standard InChI is InChI=1S/C10H13S.BrH.Mg/c1-9(2)8-11-10-6-4-3-5-7-10;;/h3-4,6-7,9H,8H2,1-2H3;1H;/q-1;;+2/p-1. The average Bonchev–Trinajstić information content (AvgIpc) is 2.03. The first-order valence-corrected chi connectivity index (χ1v) is 4.86. The molecule has 0 fully saturated rings. The molecule has 0 saturated carbocycles. The van der Waals surface area contributed by atoms with Crippen LogP contribution in [0.4, 0.5) is 0 Å². The van der Waals surface area contributed by atoms with Gasteiger partial charge >= 0.3 is 23.1 Å². The molecule has 0 aromatic heterocycles. The van der Waals surface area contributed by atoms with Gasteiger partial charge in [-0.2, -0.15) is 42.1 Å². The van der Waals surface area contributed by atoms with E-state index in [4.69, 9.17) is 0 Å². The van der Waals surface area contributed by atoms with Crippen molar-refractivity contribution in [3.05, 3.63) is 30.3 Å². The van der Waals surface area contributed by atoms with E-state index >= 15 is 0 Å². The Labute approximate surface area is 112 Å². The molecule has 1 aromatic carbocycles. The second kappa shape index (κ2) is 9.37. The zero-order chi connectivity index (χ0) is 8.10. The summed E-state index contributed by atoms with van der Waals surface area (Å²) in [6.45, 7) is 4.47. The number of halogens is 1. The van der Waals surface area contributed by atoms with E-state index in [-0.39, 0.29) is 40.0 Å². The molecule has 0 aliphatic rings. The van der Waals surface area contributed by atoms with Gasteiger partial charge in [0, 0.05) is 0 Å². The zero-order valence-electron chi connectivity index (χ0n) is 8.09. The van der Waals surface area contributed by atoms with Gasteiger partial charge in [0.15, 0.2) is 0 Å². The summed E-state index contributed by atoms with van der Waals surface area (Å²) < 4.78 is 0. The third kappa shape index (κ3) is 7.85. The van der Waals surface area contributed by atoms with E-state index in [0.29, 0.717) is 0 Å². The molecule has 0 nitrogen and oxygen atoms in total. The van der Waals surface area contributed by atoms with Crippen LogP contribution in [0.1, 0.15) is 13.8 Å². The Balaban J connectivity index is 0.